The van der Waals surface area contributed by atoms with Gasteiger partial charge in [0.05, 0.1) is 23.8 Å². The molecule has 0 saturated heterocycles. The maximum atomic E-state index is 13.3. The summed E-state index contributed by atoms with van der Waals surface area (Å²) in [5.41, 5.74) is 8.38. The lowest BCUT2D eigenvalue weighted by Crippen LogP contribution is -2.59. The number of benzene rings is 2. The van der Waals surface area contributed by atoms with Crippen molar-refractivity contribution in [2.75, 3.05) is 6.54 Å². The van der Waals surface area contributed by atoms with Crippen molar-refractivity contribution in [3.05, 3.63) is 59.2 Å². The summed E-state index contributed by atoms with van der Waals surface area (Å²) in [6.07, 6.45) is -2.17. The number of rotatable bonds is 3. The van der Waals surface area contributed by atoms with Gasteiger partial charge >= 0.3 is 6.18 Å². The van der Waals surface area contributed by atoms with Crippen LogP contribution in [0, 0.1) is 16.7 Å². The number of nitrogens with two attached hydrogens (primary N) is 1. The van der Waals surface area contributed by atoms with Crippen molar-refractivity contribution in [1.82, 2.24) is 5.32 Å². The molecular weight excluding hydrogens is 391 g/mol. The van der Waals surface area contributed by atoms with Gasteiger partial charge in [0.1, 0.15) is 0 Å². The second-order valence-electron chi connectivity index (χ2n) is 8.48. The quantitative estimate of drug-likeness (QED) is 0.734. The van der Waals surface area contributed by atoms with Crippen molar-refractivity contribution >= 4 is 5.78 Å². The zero-order valence-electron chi connectivity index (χ0n) is 16.4. The fourth-order valence-corrected chi connectivity index (χ4v) is 4.65. The highest BCUT2D eigenvalue weighted by Gasteiger charge is 2.50. The van der Waals surface area contributed by atoms with Crippen LogP contribution in [-0.4, -0.2) is 24.2 Å². The van der Waals surface area contributed by atoms with Gasteiger partial charge in [0.25, 0.3) is 0 Å². The predicted molar refractivity (Wildman–Crippen MR) is 107 cm³/mol. The molecule has 4 rings (SSSR count). The molecule has 1 fully saturated rings. The summed E-state index contributed by atoms with van der Waals surface area (Å²) in [5, 5.41) is 11.6. The molecule has 30 heavy (non-hydrogen) atoms. The van der Waals surface area contributed by atoms with Gasteiger partial charge in [0, 0.05) is 11.0 Å². The van der Waals surface area contributed by atoms with Crippen LogP contribution in [0.15, 0.2) is 42.5 Å². The molecule has 2 aromatic rings. The molecule has 1 spiro atoms. The van der Waals surface area contributed by atoms with E-state index in [1.54, 1.807) is 18.2 Å². The molecule has 0 unspecified atom stereocenters. The van der Waals surface area contributed by atoms with Crippen LogP contribution in [0.4, 0.5) is 13.2 Å². The Morgan fingerprint density at radius 2 is 1.77 bits per heavy atom. The number of fused-ring (bicyclic) bond motifs is 1. The van der Waals surface area contributed by atoms with Crippen LogP contribution in [0.2, 0.25) is 0 Å². The molecule has 0 bridgehead atoms. The van der Waals surface area contributed by atoms with Crippen LogP contribution in [0.5, 0.6) is 0 Å². The summed E-state index contributed by atoms with van der Waals surface area (Å²) < 4.78 is 37.7. The molecule has 2 aromatic carbocycles. The van der Waals surface area contributed by atoms with Crippen LogP contribution >= 0.6 is 0 Å². The van der Waals surface area contributed by atoms with E-state index in [4.69, 9.17) is 11.0 Å². The Kier molecular flexibility index (Phi) is 4.95. The Hall–Kier alpha value is -2.69. The number of carbonyl (C=O) groups is 1. The first kappa shape index (κ1) is 20.6. The molecule has 0 radical (unpaired) electrons. The number of halogens is 3. The van der Waals surface area contributed by atoms with E-state index in [1.807, 2.05) is 24.3 Å². The first-order chi connectivity index (χ1) is 14.1. The Morgan fingerprint density at radius 3 is 2.43 bits per heavy atom. The van der Waals surface area contributed by atoms with Gasteiger partial charge in [-0.25, -0.2) is 0 Å². The van der Waals surface area contributed by atoms with Gasteiger partial charge in [-0.15, -0.1) is 0 Å². The van der Waals surface area contributed by atoms with Crippen molar-refractivity contribution in [2.24, 2.45) is 11.1 Å². The number of Topliss-reactive ketones (excluding diaryl/α,β-unsaturated/α-hetero) is 1. The molecule has 0 heterocycles. The van der Waals surface area contributed by atoms with Crippen molar-refractivity contribution in [3.63, 3.8) is 0 Å². The van der Waals surface area contributed by atoms with E-state index >= 15 is 0 Å². The van der Waals surface area contributed by atoms with Gasteiger partial charge in [-0.3, -0.25) is 10.1 Å². The van der Waals surface area contributed by atoms with Crippen LogP contribution in [-0.2, 0) is 6.42 Å². The fourth-order valence-electron chi connectivity index (χ4n) is 4.65. The highest BCUT2D eigenvalue weighted by Crippen LogP contribution is 2.49. The van der Waals surface area contributed by atoms with Crippen LogP contribution < -0.4 is 11.1 Å². The highest BCUT2D eigenvalue weighted by molar-refractivity contribution is 6.05. The maximum Gasteiger partial charge on any atom is 0.401 e. The Labute approximate surface area is 172 Å². The Morgan fingerprint density at radius 1 is 1.07 bits per heavy atom. The Balaban J connectivity index is 1.53. The highest BCUT2D eigenvalue weighted by atomic mass is 19.4. The molecule has 0 aromatic heterocycles. The number of ketones is 1. The maximum absolute atomic E-state index is 13.3. The van der Waals surface area contributed by atoms with E-state index < -0.39 is 23.8 Å². The molecule has 0 amide bonds. The molecule has 4 nitrogen and oxygen atoms in total. The third-order valence-electron chi connectivity index (χ3n) is 6.43. The van der Waals surface area contributed by atoms with E-state index in [-0.39, 0.29) is 5.78 Å². The van der Waals surface area contributed by atoms with E-state index in [2.05, 4.69) is 11.4 Å². The number of nitrogens with one attached hydrogen (secondary N) is 1. The van der Waals surface area contributed by atoms with Gasteiger partial charge < -0.3 is 5.73 Å². The second kappa shape index (κ2) is 7.22. The molecule has 156 valence electrons. The lowest BCUT2D eigenvalue weighted by atomic mass is 9.68. The third-order valence-corrected chi connectivity index (χ3v) is 6.43. The SMILES string of the molecule is N#Cc1cccc(-c2ccc3c(c2)C(=O)C2(CCC(N)(NCC(F)(F)F)CC2)C3)c1. The summed E-state index contributed by atoms with van der Waals surface area (Å²) >= 11 is 0. The molecule has 7 heteroatoms. The molecule has 1 saturated carbocycles. The molecule has 3 N–H and O–H groups in total. The minimum Gasteiger partial charge on any atom is -0.313 e. The van der Waals surface area contributed by atoms with Gasteiger partial charge in [-0.1, -0.05) is 24.3 Å². The zero-order valence-corrected chi connectivity index (χ0v) is 16.4. The largest absolute Gasteiger partial charge is 0.401 e. The van der Waals surface area contributed by atoms with Crippen LogP contribution in [0.3, 0.4) is 0 Å². The minimum atomic E-state index is -4.32. The standard InChI is InChI=1S/C23H22F3N3O/c24-23(25,26)14-29-22(28)8-6-21(7-9-22)12-18-5-4-17(11-19(18)20(21)30)16-3-1-2-15(10-16)13-27/h1-5,10-11,29H,6-9,12,14,28H2. The topological polar surface area (TPSA) is 78.9 Å². The van der Waals surface area contributed by atoms with Crippen molar-refractivity contribution < 1.29 is 18.0 Å². The zero-order chi connectivity index (χ0) is 21.6. The third kappa shape index (κ3) is 3.85. The lowest BCUT2D eigenvalue weighted by Gasteiger charge is -2.42. The van der Waals surface area contributed by atoms with E-state index in [9.17, 15) is 18.0 Å². The molecular formula is C23H22F3N3O. The first-order valence-electron chi connectivity index (χ1n) is 9.92. The molecule has 2 aliphatic rings. The van der Waals surface area contributed by atoms with Gasteiger partial charge in [0.2, 0.25) is 0 Å². The minimum absolute atomic E-state index is 0.0497. The van der Waals surface area contributed by atoms with Crippen molar-refractivity contribution in [1.29, 1.82) is 5.26 Å². The number of carbonyl (C=O) groups excluding carboxylic acids is 1. The summed E-state index contributed by atoms with van der Waals surface area (Å²) in [6, 6.07) is 15.1. The van der Waals surface area contributed by atoms with Crippen LogP contribution in [0.25, 0.3) is 11.1 Å². The van der Waals surface area contributed by atoms with Gasteiger partial charge in [0.15, 0.2) is 5.78 Å². The number of nitriles is 1. The second-order valence-corrected chi connectivity index (χ2v) is 8.48. The van der Waals surface area contributed by atoms with Gasteiger partial charge in [-0.2, -0.15) is 18.4 Å². The van der Waals surface area contributed by atoms with E-state index in [1.165, 1.54) is 0 Å². The smallest absolute Gasteiger partial charge is 0.313 e. The monoisotopic (exact) mass is 413 g/mol. The summed E-state index contributed by atoms with van der Waals surface area (Å²) in [5.74, 6) is 0.0497. The Bertz CT molecular complexity index is 1030. The fraction of sp³-hybridized carbons (Fsp3) is 0.391. The van der Waals surface area contributed by atoms with Crippen molar-refractivity contribution in [2.45, 2.75) is 43.9 Å². The van der Waals surface area contributed by atoms with E-state index in [0.29, 0.717) is 43.2 Å². The molecule has 0 aliphatic heterocycles. The average molecular weight is 413 g/mol. The number of nitrogens with zero attached hydrogens (tertiary/aromatic N) is 1. The summed E-state index contributed by atoms with van der Waals surface area (Å²) in [6.45, 7) is -1.13. The predicted octanol–water partition coefficient (Wildman–Crippen LogP) is 4.33. The normalized spacial score (nSPS) is 25.9. The molecule has 2 aliphatic carbocycles. The average Bonchev–Trinajstić information content (AvgIpc) is 3.00. The number of hydrogen-bond acceptors (Lipinski definition) is 4. The van der Waals surface area contributed by atoms with Gasteiger partial charge in [-0.05, 0) is 67.0 Å². The summed E-state index contributed by atoms with van der Waals surface area (Å²) in [7, 11) is 0. The van der Waals surface area contributed by atoms with Crippen molar-refractivity contribution in [3.8, 4) is 17.2 Å². The first-order valence-corrected chi connectivity index (χ1v) is 9.92. The number of hydrogen-bond donors (Lipinski definition) is 2. The number of alkyl halides is 3. The molecule has 0 atom stereocenters. The van der Waals surface area contributed by atoms with Crippen LogP contribution in [0.1, 0.15) is 47.2 Å². The van der Waals surface area contributed by atoms with E-state index in [0.717, 1.165) is 16.7 Å². The lowest BCUT2D eigenvalue weighted by molar-refractivity contribution is -0.130. The summed E-state index contributed by atoms with van der Waals surface area (Å²) in [4.78, 5) is 13.3.